The van der Waals surface area contributed by atoms with Crippen LogP contribution in [0.25, 0.3) is 0 Å². The van der Waals surface area contributed by atoms with E-state index in [1.165, 1.54) is 57.6 Å². The Balaban J connectivity index is 0.000000287. The molecule has 0 aromatic carbocycles. The number of esters is 2. The van der Waals surface area contributed by atoms with Crippen molar-refractivity contribution in [2.75, 3.05) is 14.2 Å². The number of halogens is 1. The monoisotopic (exact) mass is 614 g/mol. The van der Waals surface area contributed by atoms with Crippen molar-refractivity contribution in [3.8, 4) is 0 Å². The molecule has 0 aliphatic carbocycles. The van der Waals surface area contributed by atoms with Crippen molar-refractivity contribution in [2.24, 2.45) is 0 Å². The number of carbonyl (C=O) groups is 4. The van der Waals surface area contributed by atoms with Gasteiger partial charge in [0.2, 0.25) is 0 Å². The first-order valence-corrected chi connectivity index (χ1v) is 12.2. The standard InChI is InChI=1S/C7H7ClN2O2.C7H8N2O2.2C6H6N2O2/c1-4-6(7(11)12-2)9-3-5(8)10-4;1-5-6(7(10)11-2)9-4-3-8-5;1-4-2-8-5(3-7-4)6(9)10;1-4-5(6(9)10)8-3-2-7-4/h3H,1-2H3;3-4H,1-2H3;2*2-3H,1H3,(H,9,10). The Bertz CT molecular complexity index is 1550. The van der Waals surface area contributed by atoms with Crippen LogP contribution in [0.2, 0.25) is 5.15 Å². The largest absolute Gasteiger partial charge is 0.476 e. The zero-order valence-corrected chi connectivity index (χ0v) is 24.6. The van der Waals surface area contributed by atoms with E-state index in [1.807, 2.05) is 0 Å². The van der Waals surface area contributed by atoms with Crippen molar-refractivity contribution >= 4 is 35.5 Å². The summed E-state index contributed by atoms with van der Waals surface area (Å²) in [6.07, 6.45) is 9.77. The molecule has 226 valence electrons. The van der Waals surface area contributed by atoms with E-state index in [9.17, 15) is 19.2 Å². The molecule has 0 amide bonds. The number of carboxylic acids is 2. The second-order valence-corrected chi connectivity index (χ2v) is 8.13. The van der Waals surface area contributed by atoms with Crippen molar-refractivity contribution in [3.05, 3.63) is 94.1 Å². The smallest absolute Gasteiger partial charge is 0.358 e. The molecule has 0 aliphatic rings. The number of aromatic nitrogens is 8. The van der Waals surface area contributed by atoms with Gasteiger partial charge in [0, 0.05) is 31.0 Å². The number of aryl methyl sites for hydroxylation is 4. The lowest BCUT2D eigenvalue weighted by atomic mass is 10.3. The molecule has 4 rings (SSSR count). The Morgan fingerprint density at radius 1 is 0.605 bits per heavy atom. The summed E-state index contributed by atoms with van der Waals surface area (Å²) in [6.45, 7) is 6.71. The number of aromatic carboxylic acids is 2. The highest BCUT2D eigenvalue weighted by atomic mass is 35.5. The number of hydrogen-bond acceptors (Lipinski definition) is 14. The molecule has 43 heavy (non-hydrogen) atoms. The van der Waals surface area contributed by atoms with Gasteiger partial charge in [0.15, 0.2) is 22.8 Å². The van der Waals surface area contributed by atoms with E-state index < -0.39 is 23.9 Å². The lowest BCUT2D eigenvalue weighted by Gasteiger charge is -2.00. The van der Waals surface area contributed by atoms with Crippen LogP contribution in [0.3, 0.4) is 0 Å². The summed E-state index contributed by atoms with van der Waals surface area (Å²) in [4.78, 5) is 72.5. The molecular formula is C26H27ClN8O8. The number of hydrogen-bond donors (Lipinski definition) is 2. The first-order valence-electron chi connectivity index (χ1n) is 11.8. The Kier molecular flexibility index (Phi) is 14.9. The lowest BCUT2D eigenvalue weighted by molar-refractivity contribution is 0.0583. The predicted molar refractivity (Wildman–Crippen MR) is 149 cm³/mol. The Morgan fingerprint density at radius 3 is 1.47 bits per heavy atom. The maximum absolute atomic E-state index is 11.0. The minimum atomic E-state index is -1.05. The molecule has 16 nitrogen and oxygen atoms in total. The SMILES string of the molecule is COC(=O)c1ncc(Cl)nc1C.COC(=O)c1nccnc1C.Cc1cnc(C(=O)O)cn1.Cc1nccnc1C(=O)O. The molecule has 0 spiro atoms. The topological polar surface area (TPSA) is 230 Å². The number of nitrogens with zero attached hydrogens (tertiary/aromatic N) is 8. The minimum absolute atomic E-state index is 0.0162. The predicted octanol–water partition coefficient (Wildman–Crippen LogP) is 2.76. The minimum Gasteiger partial charge on any atom is -0.476 e. The highest BCUT2D eigenvalue weighted by molar-refractivity contribution is 6.29. The summed E-state index contributed by atoms with van der Waals surface area (Å²) in [5.41, 5.74) is 2.67. The summed E-state index contributed by atoms with van der Waals surface area (Å²) in [5, 5.41) is 17.1. The van der Waals surface area contributed by atoms with Gasteiger partial charge in [-0.1, -0.05) is 11.6 Å². The average molecular weight is 615 g/mol. The summed E-state index contributed by atoms with van der Waals surface area (Å²) >= 11 is 5.54. The molecule has 4 aromatic heterocycles. The van der Waals surface area contributed by atoms with Crippen LogP contribution in [0.1, 0.15) is 64.7 Å². The highest BCUT2D eigenvalue weighted by Gasteiger charge is 2.12. The van der Waals surface area contributed by atoms with E-state index in [-0.39, 0.29) is 27.9 Å². The molecule has 0 fully saturated rings. The van der Waals surface area contributed by atoms with Crippen LogP contribution in [0.5, 0.6) is 0 Å². The van der Waals surface area contributed by atoms with Gasteiger partial charge in [0.1, 0.15) is 5.15 Å². The van der Waals surface area contributed by atoms with Crippen LogP contribution in [0.15, 0.2) is 43.4 Å². The first kappa shape index (κ1) is 35.5. The van der Waals surface area contributed by atoms with Crippen LogP contribution in [0, 0.1) is 27.7 Å². The van der Waals surface area contributed by atoms with Gasteiger partial charge in [-0.3, -0.25) is 15.0 Å². The zero-order chi connectivity index (χ0) is 32.5. The molecule has 0 radical (unpaired) electrons. The molecule has 0 atom stereocenters. The number of rotatable bonds is 4. The van der Waals surface area contributed by atoms with Gasteiger partial charge in [-0.25, -0.2) is 44.1 Å². The van der Waals surface area contributed by atoms with E-state index >= 15 is 0 Å². The summed E-state index contributed by atoms with van der Waals surface area (Å²) in [5.74, 6) is -3.04. The Morgan fingerprint density at radius 2 is 1.09 bits per heavy atom. The summed E-state index contributed by atoms with van der Waals surface area (Å²) < 4.78 is 8.95. The zero-order valence-electron chi connectivity index (χ0n) is 23.8. The molecule has 4 aromatic rings. The first-order chi connectivity index (χ1) is 20.3. The van der Waals surface area contributed by atoms with E-state index in [0.717, 1.165) is 0 Å². The van der Waals surface area contributed by atoms with Gasteiger partial charge < -0.3 is 19.7 Å². The Hall–Kier alpha value is -5.51. The van der Waals surface area contributed by atoms with Crippen molar-refractivity contribution in [1.29, 1.82) is 0 Å². The van der Waals surface area contributed by atoms with Gasteiger partial charge in [0.05, 0.1) is 49.4 Å². The van der Waals surface area contributed by atoms with Crippen molar-refractivity contribution in [2.45, 2.75) is 27.7 Å². The number of ether oxygens (including phenoxy) is 2. The maximum atomic E-state index is 11.0. The molecular weight excluding hydrogens is 588 g/mol. The fourth-order valence-corrected chi connectivity index (χ4v) is 2.75. The Labute approximate surface area is 250 Å². The third-order valence-electron chi connectivity index (χ3n) is 4.64. The molecule has 17 heteroatoms. The molecule has 2 N–H and O–H groups in total. The van der Waals surface area contributed by atoms with Crippen LogP contribution in [-0.4, -0.2) is 88.2 Å². The fraction of sp³-hybridized carbons (Fsp3) is 0.231. The number of carbonyl (C=O) groups excluding carboxylic acids is 2. The quantitative estimate of drug-likeness (QED) is 0.314. The van der Waals surface area contributed by atoms with Crippen molar-refractivity contribution < 1.29 is 38.9 Å². The maximum Gasteiger partial charge on any atom is 0.358 e. The van der Waals surface area contributed by atoms with Crippen LogP contribution in [0.4, 0.5) is 0 Å². The fourth-order valence-electron chi connectivity index (χ4n) is 2.58. The van der Waals surface area contributed by atoms with Gasteiger partial charge in [0.25, 0.3) is 0 Å². The van der Waals surface area contributed by atoms with Crippen molar-refractivity contribution in [3.63, 3.8) is 0 Å². The molecule has 0 saturated heterocycles. The van der Waals surface area contributed by atoms with Crippen molar-refractivity contribution in [1.82, 2.24) is 39.9 Å². The van der Waals surface area contributed by atoms with Crippen LogP contribution in [-0.2, 0) is 9.47 Å². The van der Waals surface area contributed by atoms with E-state index in [2.05, 4.69) is 49.3 Å². The second kappa shape index (κ2) is 18.0. The average Bonchev–Trinajstić information content (AvgIpc) is 2.98. The van der Waals surface area contributed by atoms with Gasteiger partial charge in [-0.05, 0) is 27.7 Å². The molecule has 0 bridgehead atoms. The van der Waals surface area contributed by atoms with Gasteiger partial charge in [-0.2, -0.15) is 0 Å². The second-order valence-electron chi connectivity index (χ2n) is 7.74. The lowest BCUT2D eigenvalue weighted by Crippen LogP contribution is -2.07. The van der Waals surface area contributed by atoms with Crippen LogP contribution >= 0.6 is 11.6 Å². The number of methoxy groups -OCH3 is 2. The summed E-state index contributed by atoms with van der Waals surface area (Å²) in [7, 11) is 2.61. The normalized spacial score (nSPS) is 9.37. The van der Waals surface area contributed by atoms with E-state index in [1.54, 1.807) is 27.7 Å². The van der Waals surface area contributed by atoms with E-state index in [0.29, 0.717) is 22.8 Å². The highest BCUT2D eigenvalue weighted by Crippen LogP contribution is 2.07. The molecule has 0 unspecified atom stereocenters. The third-order valence-corrected chi connectivity index (χ3v) is 4.82. The summed E-state index contributed by atoms with van der Waals surface area (Å²) in [6, 6.07) is 0. The van der Waals surface area contributed by atoms with Gasteiger partial charge in [-0.15, -0.1) is 0 Å². The number of carboxylic acid groups (broad SMARTS) is 2. The van der Waals surface area contributed by atoms with Crippen LogP contribution < -0.4 is 0 Å². The van der Waals surface area contributed by atoms with E-state index in [4.69, 9.17) is 21.8 Å². The molecule has 0 aliphatic heterocycles. The molecule has 4 heterocycles. The third kappa shape index (κ3) is 12.3. The van der Waals surface area contributed by atoms with Gasteiger partial charge >= 0.3 is 23.9 Å². The molecule has 0 saturated carbocycles.